The highest BCUT2D eigenvalue weighted by molar-refractivity contribution is 5.85. The fourth-order valence-corrected chi connectivity index (χ4v) is 2.62. The maximum absolute atomic E-state index is 10.9. The van der Waals surface area contributed by atoms with Gasteiger partial charge in [0.1, 0.15) is 12.6 Å². The molecule has 2 aromatic heterocycles. The maximum Gasteiger partial charge on any atom is 0.150 e. The molecule has 0 bridgehead atoms. The number of aldehydes is 1. The van der Waals surface area contributed by atoms with Crippen molar-refractivity contribution in [2.24, 2.45) is 0 Å². The van der Waals surface area contributed by atoms with E-state index in [-0.39, 0.29) is 0 Å². The summed E-state index contributed by atoms with van der Waals surface area (Å²) in [5.41, 5.74) is 4.56. The third-order valence-electron chi connectivity index (χ3n) is 3.72. The zero-order valence-electron chi connectivity index (χ0n) is 11.8. The first-order valence-electron chi connectivity index (χ1n) is 7.01. The number of imidazole rings is 1. The molecule has 0 radical (unpaired) electrons. The van der Waals surface area contributed by atoms with Crippen LogP contribution in [-0.4, -0.2) is 20.4 Å². The van der Waals surface area contributed by atoms with E-state index in [1.54, 1.807) is 12.4 Å². The topological polar surface area (TPSA) is 39.8 Å². The number of benzene rings is 2. The molecule has 0 aliphatic carbocycles. The summed E-state index contributed by atoms with van der Waals surface area (Å²) in [7, 11) is 0. The number of aromatic nitrogens is 3. The molecule has 4 rings (SSSR count). The Balaban J connectivity index is 1.85. The summed E-state index contributed by atoms with van der Waals surface area (Å²) in [5, 5.41) is 0. The van der Waals surface area contributed by atoms with E-state index in [1.165, 1.54) is 0 Å². The lowest BCUT2D eigenvalue weighted by Crippen LogP contribution is -1.95. The smallest absolute Gasteiger partial charge is 0.150 e. The lowest BCUT2D eigenvalue weighted by atomic mass is 10.2. The fraction of sp³-hybridized carbons (Fsp3) is 0. The lowest BCUT2D eigenvalue weighted by molar-refractivity contribution is 0.112. The molecule has 0 N–H and O–H groups in total. The van der Waals surface area contributed by atoms with Crippen molar-refractivity contribution in [3.63, 3.8) is 0 Å². The van der Waals surface area contributed by atoms with Crippen molar-refractivity contribution in [3.05, 3.63) is 78.9 Å². The van der Waals surface area contributed by atoms with Crippen LogP contribution in [0.2, 0.25) is 0 Å². The molecule has 0 unspecified atom stereocenters. The summed E-state index contributed by atoms with van der Waals surface area (Å²) in [6.45, 7) is 0. The van der Waals surface area contributed by atoms with Gasteiger partial charge in [0.25, 0.3) is 0 Å². The van der Waals surface area contributed by atoms with Gasteiger partial charge in [0.15, 0.2) is 0 Å². The van der Waals surface area contributed by atoms with E-state index in [9.17, 15) is 4.79 Å². The van der Waals surface area contributed by atoms with Gasteiger partial charge < -0.3 is 4.57 Å². The van der Waals surface area contributed by atoms with Gasteiger partial charge in [-0.15, -0.1) is 0 Å². The minimum Gasteiger partial charge on any atom is -0.324 e. The molecule has 0 spiro atoms. The van der Waals surface area contributed by atoms with Gasteiger partial charge in [-0.25, -0.2) is 4.98 Å². The normalized spacial score (nSPS) is 10.9. The van der Waals surface area contributed by atoms with Crippen LogP contribution in [0.4, 0.5) is 0 Å². The predicted octanol–water partition coefficient (Wildman–Crippen LogP) is 3.63. The number of nitrogens with zero attached hydrogens (tertiary/aromatic N) is 3. The quantitative estimate of drug-likeness (QED) is 0.540. The van der Waals surface area contributed by atoms with Gasteiger partial charge in [0.05, 0.1) is 11.0 Å². The van der Waals surface area contributed by atoms with Gasteiger partial charge in [0, 0.05) is 29.3 Å². The second kappa shape index (κ2) is 5.00. The molecule has 0 amide bonds. The number of rotatable bonds is 3. The summed E-state index contributed by atoms with van der Waals surface area (Å²) in [4.78, 5) is 15.3. The Morgan fingerprint density at radius 1 is 0.909 bits per heavy atom. The molecule has 4 heteroatoms. The van der Waals surface area contributed by atoms with Gasteiger partial charge in [-0.05, 0) is 48.5 Å². The summed E-state index contributed by atoms with van der Waals surface area (Å²) >= 11 is 0. The molecule has 0 aliphatic heterocycles. The van der Waals surface area contributed by atoms with Crippen molar-refractivity contribution in [3.8, 4) is 11.4 Å². The van der Waals surface area contributed by atoms with Gasteiger partial charge in [0.2, 0.25) is 0 Å². The Labute approximate surface area is 127 Å². The van der Waals surface area contributed by atoms with E-state index in [2.05, 4.69) is 21.7 Å². The highest BCUT2D eigenvalue weighted by Crippen LogP contribution is 2.21. The fourth-order valence-electron chi connectivity index (χ4n) is 2.62. The summed E-state index contributed by atoms with van der Waals surface area (Å²) in [5.74, 6) is 0. The summed E-state index contributed by atoms with van der Waals surface area (Å²) < 4.78 is 4.09. The van der Waals surface area contributed by atoms with Crippen molar-refractivity contribution < 1.29 is 4.79 Å². The van der Waals surface area contributed by atoms with E-state index in [0.29, 0.717) is 5.56 Å². The highest BCUT2D eigenvalue weighted by atomic mass is 16.1. The van der Waals surface area contributed by atoms with Crippen molar-refractivity contribution in [1.29, 1.82) is 0 Å². The monoisotopic (exact) mass is 287 g/mol. The van der Waals surface area contributed by atoms with Crippen molar-refractivity contribution in [2.75, 3.05) is 0 Å². The molecule has 4 aromatic rings. The predicted molar refractivity (Wildman–Crippen MR) is 85.8 cm³/mol. The average Bonchev–Trinajstić information content (AvgIpc) is 3.24. The first kappa shape index (κ1) is 12.6. The second-order valence-electron chi connectivity index (χ2n) is 5.09. The minimum atomic E-state index is 0.638. The van der Waals surface area contributed by atoms with E-state index in [4.69, 9.17) is 0 Å². The van der Waals surface area contributed by atoms with Crippen LogP contribution in [-0.2, 0) is 0 Å². The molecule has 0 saturated carbocycles. The van der Waals surface area contributed by atoms with Gasteiger partial charge in [-0.2, -0.15) is 0 Å². The van der Waals surface area contributed by atoms with Crippen molar-refractivity contribution in [1.82, 2.24) is 14.1 Å². The van der Waals surface area contributed by atoms with Gasteiger partial charge >= 0.3 is 0 Å². The van der Waals surface area contributed by atoms with Crippen LogP contribution in [0.25, 0.3) is 22.4 Å². The molecule has 4 nitrogen and oxygen atoms in total. The van der Waals surface area contributed by atoms with Gasteiger partial charge in [-0.1, -0.05) is 6.07 Å². The van der Waals surface area contributed by atoms with Crippen LogP contribution >= 0.6 is 0 Å². The molecule has 0 fully saturated rings. The molecule has 0 saturated heterocycles. The van der Waals surface area contributed by atoms with Crippen LogP contribution in [0.5, 0.6) is 0 Å². The standard InChI is InChI=1S/C18H13N3O/c22-12-14-6-7-18-17(10-14)19-13-21(18)16-5-3-4-15(11-16)20-8-1-2-9-20/h1-13H. The van der Waals surface area contributed by atoms with E-state index < -0.39 is 0 Å². The number of hydrogen-bond acceptors (Lipinski definition) is 2. The average molecular weight is 287 g/mol. The van der Waals surface area contributed by atoms with E-state index in [0.717, 1.165) is 28.7 Å². The van der Waals surface area contributed by atoms with E-state index in [1.807, 2.05) is 53.4 Å². The number of hydrogen-bond donors (Lipinski definition) is 0. The molecule has 106 valence electrons. The molecule has 2 heterocycles. The largest absolute Gasteiger partial charge is 0.324 e. The first-order chi connectivity index (χ1) is 10.8. The molecular formula is C18H13N3O. The molecular weight excluding hydrogens is 274 g/mol. The lowest BCUT2D eigenvalue weighted by Gasteiger charge is -2.08. The number of fused-ring (bicyclic) bond motifs is 1. The third kappa shape index (κ3) is 2.02. The minimum absolute atomic E-state index is 0.638. The van der Waals surface area contributed by atoms with E-state index >= 15 is 0 Å². The molecule has 2 aromatic carbocycles. The van der Waals surface area contributed by atoms with Crippen LogP contribution in [0.15, 0.2) is 73.3 Å². The number of carbonyl (C=O) groups is 1. The van der Waals surface area contributed by atoms with Crippen LogP contribution in [0.3, 0.4) is 0 Å². The maximum atomic E-state index is 10.9. The first-order valence-corrected chi connectivity index (χ1v) is 7.01. The van der Waals surface area contributed by atoms with Crippen molar-refractivity contribution >= 4 is 17.3 Å². The number of carbonyl (C=O) groups excluding carboxylic acids is 1. The second-order valence-corrected chi connectivity index (χ2v) is 5.09. The zero-order valence-corrected chi connectivity index (χ0v) is 11.8. The Morgan fingerprint density at radius 2 is 1.73 bits per heavy atom. The van der Waals surface area contributed by atoms with Gasteiger partial charge in [-0.3, -0.25) is 9.36 Å². The molecule has 22 heavy (non-hydrogen) atoms. The Hall–Kier alpha value is -3.14. The summed E-state index contributed by atoms with van der Waals surface area (Å²) in [6, 6.07) is 17.8. The summed E-state index contributed by atoms with van der Waals surface area (Å²) in [6.07, 6.45) is 6.65. The molecule has 0 aliphatic rings. The van der Waals surface area contributed by atoms with Crippen LogP contribution < -0.4 is 0 Å². The zero-order chi connectivity index (χ0) is 14.9. The third-order valence-corrected chi connectivity index (χ3v) is 3.72. The Kier molecular flexibility index (Phi) is 2.86. The Morgan fingerprint density at radius 3 is 2.55 bits per heavy atom. The van der Waals surface area contributed by atoms with Crippen LogP contribution in [0, 0.1) is 0 Å². The van der Waals surface area contributed by atoms with Crippen molar-refractivity contribution in [2.45, 2.75) is 0 Å². The Bertz CT molecular complexity index is 952. The highest BCUT2D eigenvalue weighted by Gasteiger charge is 2.06. The van der Waals surface area contributed by atoms with Crippen LogP contribution in [0.1, 0.15) is 10.4 Å². The SMILES string of the molecule is O=Cc1ccc2c(c1)ncn2-c1cccc(-n2cccc2)c1. The molecule has 0 atom stereocenters.